The number of amides is 2. The third-order valence-electron chi connectivity index (χ3n) is 6.65. The Hall–Kier alpha value is -2.15. The number of likely N-dealkylation sites (tertiary alicyclic amines) is 1. The normalized spacial score (nSPS) is 24.7. The lowest BCUT2D eigenvalue weighted by Gasteiger charge is -2.34. The summed E-state index contributed by atoms with van der Waals surface area (Å²) in [6.07, 6.45) is 2.04. The number of nitrogens with zero attached hydrogens (tertiary/aromatic N) is 1. The predicted molar refractivity (Wildman–Crippen MR) is 128 cm³/mol. The number of halogens is 2. The minimum absolute atomic E-state index is 0.0392. The van der Waals surface area contributed by atoms with E-state index < -0.39 is 51.9 Å². The molecule has 4 N–H and O–H groups in total. The zero-order chi connectivity index (χ0) is 25.8. The standard InChI is InChI=1S/C23H35F2N5O4S/c1-4-35(33,34)29-19(12-21(31)30-10-6-5-7-14(30)2)23(32)27-15(3)22-26-13-20(28-22)17-9-8-16(24)11-18(17)25/h8-9,11,14-15,19-20,22,26,28-29H,4-7,10,12-13H2,1-3H3,(H,27,32)/t14-,15-,19-,20?,22?/m0/s1. The van der Waals surface area contributed by atoms with Gasteiger partial charge in [-0.25, -0.2) is 21.9 Å². The molecule has 0 aliphatic carbocycles. The summed E-state index contributed by atoms with van der Waals surface area (Å²) in [4.78, 5) is 27.7. The Kier molecular flexibility index (Phi) is 9.19. The Labute approximate surface area is 205 Å². The third kappa shape index (κ3) is 7.18. The molecule has 196 valence electrons. The Balaban J connectivity index is 1.65. The van der Waals surface area contributed by atoms with Crippen LogP contribution in [0.15, 0.2) is 18.2 Å². The van der Waals surface area contributed by atoms with Crippen LogP contribution >= 0.6 is 0 Å². The predicted octanol–water partition coefficient (Wildman–Crippen LogP) is 1.13. The first-order chi connectivity index (χ1) is 16.5. The molecule has 1 aromatic rings. The summed E-state index contributed by atoms with van der Waals surface area (Å²) in [6, 6.07) is 1.21. The lowest BCUT2D eigenvalue weighted by molar-refractivity contribution is -0.137. The maximum absolute atomic E-state index is 14.2. The molecule has 0 radical (unpaired) electrons. The second-order valence-corrected chi connectivity index (χ2v) is 11.3. The summed E-state index contributed by atoms with van der Waals surface area (Å²) >= 11 is 0. The number of nitrogens with one attached hydrogen (secondary N) is 4. The number of piperidine rings is 1. The molecule has 2 amide bonds. The zero-order valence-electron chi connectivity index (χ0n) is 20.3. The Morgan fingerprint density at radius 1 is 1.26 bits per heavy atom. The van der Waals surface area contributed by atoms with Crippen molar-refractivity contribution in [1.29, 1.82) is 0 Å². The first-order valence-corrected chi connectivity index (χ1v) is 13.7. The van der Waals surface area contributed by atoms with E-state index in [1.807, 2.05) is 6.92 Å². The van der Waals surface area contributed by atoms with Gasteiger partial charge in [-0.2, -0.15) is 0 Å². The largest absolute Gasteiger partial charge is 0.349 e. The van der Waals surface area contributed by atoms with Crippen molar-refractivity contribution in [2.24, 2.45) is 0 Å². The smallest absolute Gasteiger partial charge is 0.239 e. The van der Waals surface area contributed by atoms with Crippen molar-refractivity contribution >= 4 is 21.8 Å². The lowest BCUT2D eigenvalue weighted by atomic mass is 10.0. The van der Waals surface area contributed by atoms with Crippen molar-refractivity contribution in [3.63, 3.8) is 0 Å². The topological polar surface area (TPSA) is 120 Å². The van der Waals surface area contributed by atoms with Gasteiger partial charge < -0.3 is 10.2 Å². The number of hydrogen-bond acceptors (Lipinski definition) is 6. The molecule has 2 aliphatic heterocycles. The van der Waals surface area contributed by atoms with Crippen molar-refractivity contribution in [1.82, 2.24) is 25.6 Å². The molecule has 0 saturated carbocycles. The number of carbonyl (C=O) groups is 2. The monoisotopic (exact) mass is 515 g/mol. The van der Waals surface area contributed by atoms with Gasteiger partial charge in [-0.05, 0) is 46.1 Å². The number of sulfonamides is 1. The van der Waals surface area contributed by atoms with E-state index in [1.54, 1.807) is 11.8 Å². The van der Waals surface area contributed by atoms with Crippen LogP contribution in [0.5, 0.6) is 0 Å². The Morgan fingerprint density at radius 3 is 2.66 bits per heavy atom. The molecule has 2 fully saturated rings. The summed E-state index contributed by atoms with van der Waals surface area (Å²) in [7, 11) is -3.75. The van der Waals surface area contributed by atoms with Crippen LogP contribution in [0.1, 0.15) is 58.1 Å². The molecule has 2 heterocycles. The number of hydrogen-bond donors (Lipinski definition) is 4. The zero-order valence-corrected chi connectivity index (χ0v) is 21.1. The molecular weight excluding hydrogens is 480 g/mol. The SMILES string of the molecule is CCS(=O)(=O)N[C@@H](CC(=O)N1CCCC[C@@H]1C)C(=O)N[C@@H](C)C1NCC(c2ccc(F)cc2F)N1. The fraction of sp³-hybridized carbons (Fsp3) is 0.652. The molecule has 1 aromatic carbocycles. The van der Waals surface area contributed by atoms with E-state index in [9.17, 15) is 26.8 Å². The van der Waals surface area contributed by atoms with Crippen molar-refractivity contribution < 1.29 is 26.8 Å². The van der Waals surface area contributed by atoms with Crippen LogP contribution in [-0.2, 0) is 19.6 Å². The molecule has 0 aromatic heterocycles. The number of carbonyl (C=O) groups excluding carboxylic acids is 2. The van der Waals surface area contributed by atoms with E-state index >= 15 is 0 Å². The molecule has 2 aliphatic rings. The highest BCUT2D eigenvalue weighted by Gasteiger charge is 2.34. The van der Waals surface area contributed by atoms with Crippen molar-refractivity contribution in [3.8, 4) is 0 Å². The molecular formula is C23H35F2N5O4S. The van der Waals surface area contributed by atoms with Crippen LogP contribution in [0.25, 0.3) is 0 Å². The van der Waals surface area contributed by atoms with Crippen LogP contribution < -0.4 is 20.7 Å². The second kappa shape index (κ2) is 11.7. The van der Waals surface area contributed by atoms with E-state index in [1.165, 1.54) is 19.1 Å². The Morgan fingerprint density at radius 2 is 2.00 bits per heavy atom. The number of rotatable bonds is 9. The summed E-state index contributed by atoms with van der Waals surface area (Å²) in [5.74, 6) is -2.44. The van der Waals surface area contributed by atoms with Crippen LogP contribution in [0.3, 0.4) is 0 Å². The van der Waals surface area contributed by atoms with Gasteiger partial charge in [0.2, 0.25) is 21.8 Å². The van der Waals surface area contributed by atoms with Crippen LogP contribution in [0.4, 0.5) is 8.78 Å². The van der Waals surface area contributed by atoms with Gasteiger partial charge in [0.25, 0.3) is 0 Å². The highest BCUT2D eigenvalue weighted by molar-refractivity contribution is 7.89. The van der Waals surface area contributed by atoms with Gasteiger partial charge >= 0.3 is 0 Å². The minimum atomic E-state index is -3.75. The van der Waals surface area contributed by atoms with E-state index in [0.717, 1.165) is 25.3 Å². The Bertz CT molecular complexity index is 1030. The second-order valence-electron chi connectivity index (χ2n) is 9.28. The van der Waals surface area contributed by atoms with E-state index in [4.69, 9.17) is 0 Å². The summed E-state index contributed by atoms with van der Waals surface area (Å²) in [5.41, 5.74) is 0.301. The third-order valence-corrected chi connectivity index (χ3v) is 8.05. The fourth-order valence-corrected chi connectivity index (χ4v) is 5.33. The van der Waals surface area contributed by atoms with Gasteiger partial charge in [0.1, 0.15) is 17.7 Å². The highest BCUT2D eigenvalue weighted by atomic mass is 32.2. The molecule has 2 saturated heterocycles. The summed E-state index contributed by atoms with van der Waals surface area (Å²) in [5, 5.41) is 9.08. The molecule has 9 nitrogen and oxygen atoms in total. The fourth-order valence-electron chi connectivity index (χ4n) is 4.54. The molecule has 5 atom stereocenters. The van der Waals surface area contributed by atoms with Gasteiger partial charge in [-0.15, -0.1) is 0 Å². The molecule has 12 heteroatoms. The lowest BCUT2D eigenvalue weighted by Crippen LogP contribution is -2.57. The van der Waals surface area contributed by atoms with Crippen molar-refractivity contribution in [2.45, 2.75) is 76.8 Å². The average molecular weight is 516 g/mol. The van der Waals surface area contributed by atoms with Crippen LogP contribution in [-0.4, -0.2) is 68.3 Å². The van der Waals surface area contributed by atoms with Crippen molar-refractivity contribution in [2.75, 3.05) is 18.8 Å². The molecule has 2 unspecified atom stereocenters. The average Bonchev–Trinajstić information content (AvgIpc) is 3.29. The van der Waals surface area contributed by atoms with E-state index in [0.29, 0.717) is 18.7 Å². The van der Waals surface area contributed by atoms with Gasteiger partial charge in [0, 0.05) is 36.8 Å². The molecule has 0 spiro atoms. The highest BCUT2D eigenvalue weighted by Crippen LogP contribution is 2.22. The maximum Gasteiger partial charge on any atom is 0.239 e. The summed E-state index contributed by atoms with van der Waals surface area (Å²) in [6.45, 7) is 6.05. The van der Waals surface area contributed by atoms with Gasteiger partial charge in [0.05, 0.1) is 24.4 Å². The van der Waals surface area contributed by atoms with Crippen LogP contribution in [0.2, 0.25) is 0 Å². The first kappa shape index (κ1) is 27.4. The quantitative estimate of drug-likeness (QED) is 0.392. The number of benzene rings is 1. The maximum atomic E-state index is 14.2. The minimum Gasteiger partial charge on any atom is -0.349 e. The van der Waals surface area contributed by atoms with Crippen LogP contribution in [0, 0.1) is 11.6 Å². The van der Waals surface area contributed by atoms with Gasteiger partial charge in [-0.1, -0.05) is 6.07 Å². The summed E-state index contributed by atoms with van der Waals surface area (Å²) < 4.78 is 54.2. The van der Waals surface area contributed by atoms with Crippen molar-refractivity contribution in [3.05, 3.63) is 35.4 Å². The molecule has 0 bridgehead atoms. The molecule has 3 rings (SSSR count). The first-order valence-electron chi connectivity index (χ1n) is 12.0. The van der Waals surface area contributed by atoms with E-state index in [-0.39, 0.29) is 24.1 Å². The van der Waals surface area contributed by atoms with Gasteiger partial charge in [0.15, 0.2) is 0 Å². The van der Waals surface area contributed by atoms with Gasteiger partial charge in [-0.3, -0.25) is 20.2 Å². The molecule has 35 heavy (non-hydrogen) atoms. The van der Waals surface area contributed by atoms with E-state index in [2.05, 4.69) is 20.7 Å².